The van der Waals surface area contributed by atoms with Crippen molar-refractivity contribution in [3.63, 3.8) is 0 Å². The van der Waals surface area contributed by atoms with E-state index in [4.69, 9.17) is 5.73 Å². The molecule has 0 spiro atoms. The van der Waals surface area contributed by atoms with E-state index in [0.29, 0.717) is 25.8 Å². The number of aliphatic hydroxyl groups is 1. The number of anilines is 1. The number of hydrogen-bond acceptors (Lipinski definition) is 4. The average Bonchev–Trinajstić information content (AvgIpc) is 2.78. The number of benzene rings is 1. The third kappa shape index (κ3) is 4.44. The van der Waals surface area contributed by atoms with Crippen molar-refractivity contribution in [1.29, 1.82) is 0 Å². The van der Waals surface area contributed by atoms with Gasteiger partial charge in [0, 0.05) is 31.2 Å². The van der Waals surface area contributed by atoms with Crippen LogP contribution in [0.4, 0.5) is 5.69 Å². The third-order valence-corrected chi connectivity index (χ3v) is 3.90. The molecule has 21 heavy (non-hydrogen) atoms. The molecule has 1 aliphatic heterocycles. The molecule has 0 radical (unpaired) electrons. The van der Waals surface area contributed by atoms with Gasteiger partial charge in [0.05, 0.1) is 6.10 Å². The molecule has 5 nitrogen and oxygen atoms in total. The van der Waals surface area contributed by atoms with Crippen LogP contribution in [0.1, 0.15) is 18.4 Å². The molecule has 1 aromatic rings. The van der Waals surface area contributed by atoms with Crippen molar-refractivity contribution >= 4 is 11.6 Å². The lowest BCUT2D eigenvalue weighted by Gasteiger charge is -2.27. The van der Waals surface area contributed by atoms with Crippen LogP contribution in [0.5, 0.6) is 0 Å². The minimum atomic E-state index is -0.393. The third-order valence-electron chi connectivity index (χ3n) is 3.90. The summed E-state index contributed by atoms with van der Waals surface area (Å²) in [6, 6.07) is 7.74. The number of hydrogen-bond donors (Lipinski definition) is 2. The molecule has 1 amide bonds. The van der Waals surface area contributed by atoms with Crippen molar-refractivity contribution < 1.29 is 9.90 Å². The molecule has 0 aromatic heterocycles. The van der Waals surface area contributed by atoms with E-state index in [1.165, 1.54) is 0 Å². The Morgan fingerprint density at radius 2 is 2.05 bits per heavy atom. The molecular weight excluding hydrogens is 266 g/mol. The second-order valence-electron chi connectivity index (χ2n) is 6.09. The Labute approximate surface area is 126 Å². The van der Waals surface area contributed by atoms with Crippen LogP contribution in [0.25, 0.3) is 0 Å². The van der Waals surface area contributed by atoms with Gasteiger partial charge in [0.25, 0.3) is 0 Å². The van der Waals surface area contributed by atoms with E-state index in [9.17, 15) is 9.90 Å². The average molecular weight is 291 g/mol. The Bertz CT molecular complexity index is 473. The summed E-state index contributed by atoms with van der Waals surface area (Å²) in [5, 5.41) is 9.82. The van der Waals surface area contributed by atoms with Crippen LogP contribution in [0.2, 0.25) is 0 Å². The molecule has 5 heteroatoms. The van der Waals surface area contributed by atoms with Crippen molar-refractivity contribution in [3.05, 3.63) is 29.8 Å². The van der Waals surface area contributed by atoms with Crippen LogP contribution < -0.4 is 5.73 Å². The Morgan fingerprint density at radius 3 is 2.67 bits per heavy atom. The minimum absolute atomic E-state index is 0.119. The van der Waals surface area contributed by atoms with E-state index in [-0.39, 0.29) is 11.9 Å². The fourth-order valence-corrected chi connectivity index (χ4v) is 2.87. The molecular formula is C16H25N3O2. The van der Waals surface area contributed by atoms with Crippen LogP contribution in [0.15, 0.2) is 24.3 Å². The highest BCUT2D eigenvalue weighted by atomic mass is 16.3. The topological polar surface area (TPSA) is 69.8 Å². The van der Waals surface area contributed by atoms with Crippen LogP contribution in [-0.4, -0.2) is 60.1 Å². The van der Waals surface area contributed by atoms with Gasteiger partial charge in [-0.25, -0.2) is 0 Å². The number of aryl methyl sites for hydroxylation is 1. The van der Waals surface area contributed by atoms with E-state index in [2.05, 4.69) is 4.90 Å². The van der Waals surface area contributed by atoms with Crippen LogP contribution in [0, 0.1) is 0 Å². The van der Waals surface area contributed by atoms with Crippen molar-refractivity contribution in [1.82, 2.24) is 9.80 Å². The van der Waals surface area contributed by atoms with Gasteiger partial charge in [0.1, 0.15) is 0 Å². The van der Waals surface area contributed by atoms with E-state index >= 15 is 0 Å². The maximum Gasteiger partial charge on any atom is 0.223 e. The van der Waals surface area contributed by atoms with Gasteiger partial charge in [-0.1, -0.05) is 12.1 Å². The fourth-order valence-electron chi connectivity index (χ4n) is 2.87. The van der Waals surface area contributed by atoms with Gasteiger partial charge in [-0.15, -0.1) is 0 Å². The lowest BCUT2D eigenvalue weighted by atomic mass is 10.1. The van der Waals surface area contributed by atoms with E-state index < -0.39 is 6.10 Å². The lowest BCUT2D eigenvalue weighted by Crippen LogP contribution is -2.41. The first-order valence-electron chi connectivity index (χ1n) is 7.42. The van der Waals surface area contributed by atoms with Crippen molar-refractivity contribution in [2.45, 2.75) is 31.4 Å². The van der Waals surface area contributed by atoms with Crippen molar-refractivity contribution in [2.75, 3.05) is 32.9 Å². The number of likely N-dealkylation sites (tertiary alicyclic amines) is 1. The minimum Gasteiger partial charge on any atom is -0.399 e. The number of likely N-dealkylation sites (N-methyl/N-ethyl adjacent to an activating group) is 1. The maximum atomic E-state index is 12.4. The first-order valence-corrected chi connectivity index (χ1v) is 7.42. The predicted molar refractivity (Wildman–Crippen MR) is 83.9 cm³/mol. The quantitative estimate of drug-likeness (QED) is 0.785. The summed E-state index contributed by atoms with van der Waals surface area (Å²) in [4.78, 5) is 16.3. The number of nitrogens with zero attached hydrogens (tertiary/aromatic N) is 2. The number of carbonyl (C=O) groups excluding carboxylic acids is 1. The number of nitrogen functional groups attached to an aromatic ring is 1. The second-order valence-corrected chi connectivity index (χ2v) is 6.09. The zero-order valence-electron chi connectivity index (χ0n) is 12.8. The van der Waals surface area contributed by atoms with Gasteiger partial charge in [-0.3, -0.25) is 4.79 Å². The normalized spacial score (nSPS) is 22.0. The number of nitrogens with two attached hydrogens (primary N) is 1. The zero-order valence-corrected chi connectivity index (χ0v) is 12.8. The lowest BCUT2D eigenvalue weighted by molar-refractivity contribution is -0.132. The number of β-amino-alcohol motifs (C(OH)–C–C–N with tert-alkyl or cyclic N) is 1. The predicted octanol–water partition coefficient (Wildman–Crippen LogP) is 0.725. The first-order chi connectivity index (χ1) is 9.95. The summed E-state index contributed by atoms with van der Waals surface area (Å²) in [7, 11) is 3.98. The molecule has 0 aliphatic carbocycles. The summed E-state index contributed by atoms with van der Waals surface area (Å²) in [5.41, 5.74) is 7.50. The fraction of sp³-hybridized carbons (Fsp3) is 0.562. The van der Waals surface area contributed by atoms with E-state index in [1.807, 2.05) is 43.3 Å². The SMILES string of the molecule is CN(C)CC1CC(O)CN1C(=O)CCc1ccc(N)cc1. The Morgan fingerprint density at radius 1 is 1.38 bits per heavy atom. The molecule has 0 bridgehead atoms. The Hall–Kier alpha value is -1.59. The molecule has 0 saturated carbocycles. The van der Waals surface area contributed by atoms with Gasteiger partial charge in [-0.05, 0) is 44.6 Å². The molecule has 1 aromatic carbocycles. The summed E-state index contributed by atoms with van der Waals surface area (Å²) in [6.07, 6.45) is 1.46. The van der Waals surface area contributed by atoms with Gasteiger partial charge in [0.15, 0.2) is 0 Å². The largest absolute Gasteiger partial charge is 0.399 e. The number of amides is 1. The van der Waals surface area contributed by atoms with Gasteiger partial charge in [0.2, 0.25) is 5.91 Å². The van der Waals surface area contributed by atoms with E-state index in [0.717, 1.165) is 17.8 Å². The van der Waals surface area contributed by atoms with Gasteiger partial charge < -0.3 is 20.6 Å². The molecule has 2 unspecified atom stereocenters. The Kier molecular flexibility index (Phi) is 5.20. The number of carbonyl (C=O) groups is 1. The molecule has 3 N–H and O–H groups in total. The maximum absolute atomic E-state index is 12.4. The number of aliphatic hydroxyl groups excluding tert-OH is 1. The summed E-state index contributed by atoms with van der Waals surface area (Å²) < 4.78 is 0. The Balaban J connectivity index is 1.90. The smallest absolute Gasteiger partial charge is 0.223 e. The standard InChI is InChI=1S/C16H25N3O2/c1-18(2)10-14-9-15(20)11-19(14)16(21)8-5-12-3-6-13(17)7-4-12/h3-4,6-7,14-15,20H,5,8-11,17H2,1-2H3. The highest BCUT2D eigenvalue weighted by molar-refractivity contribution is 5.77. The second kappa shape index (κ2) is 6.91. The summed E-state index contributed by atoms with van der Waals surface area (Å²) in [6.45, 7) is 1.25. The van der Waals surface area contributed by atoms with Crippen molar-refractivity contribution in [2.24, 2.45) is 0 Å². The number of rotatable bonds is 5. The highest BCUT2D eigenvalue weighted by Gasteiger charge is 2.33. The summed E-state index contributed by atoms with van der Waals surface area (Å²) >= 11 is 0. The molecule has 116 valence electrons. The van der Waals surface area contributed by atoms with Gasteiger partial charge in [-0.2, -0.15) is 0 Å². The van der Waals surface area contributed by atoms with Crippen LogP contribution >= 0.6 is 0 Å². The summed E-state index contributed by atoms with van der Waals surface area (Å²) in [5.74, 6) is 0.121. The monoisotopic (exact) mass is 291 g/mol. The van der Waals surface area contributed by atoms with E-state index in [1.54, 1.807) is 0 Å². The van der Waals surface area contributed by atoms with Crippen molar-refractivity contribution in [3.8, 4) is 0 Å². The first kappa shape index (κ1) is 15.8. The molecule has 1 aliphatic rings. The highest BCUT2D eigenvalue weighted by Crippen LogP contribution is 2.20. The zero-order chi connectivity index (χ0) is 15.4. The van der Waals surface area contributed by atoms with Gasteiger partial charge >= 0.3 is 0 Å². The molecule has 2 atom stereocenters. The molecule has 1 heterocycles. The molecule has 1 saturated heterocycles. The molecule has 2 rings (SSSR count). The molecule has 1 fully saturated rings. The van der Waals surface area contributed by atoms with Crippen LogP contribution in [-0.2, 0) is 11.2 Å². The van der Waals surface area contributed by atoms with Crippen LogP contribution in [0.3, 0.4) is 0 Å².